The van der Waals surface area contributed by atoms with Crippen LogP contribution in [0.15, 0.2) is 243 Å². The molecule has 20 rings (SSSR count). The Morgan fingerprint density at radius 1 is 0.277 bits per heavy atom. The average Bonchev–Trinajstić information content (AvgIpc) is 1.10. The molecule has 0 fully saturated rings. The molecule has 0 radical (unpaired) electrons. The summed E-state index contributed by atoms with van der Waals surface area (Å²) in [6, 6.07) is 94.2. The number of hydrogen-bond acceptors (Lipinski definition) is 2. The van der Waals surface area contributed by atoms with Gasteiger partial charge in [-0.25, -0.2) is 0 Å². The molecule has 0 N–H and O–H groups in total. The van der Waals surface area contributed by atoms with Crippen LogP contribution in [-0.2, 0) is 21.7 Å². The molecule has 6 heterocycles. The lowest BCUT2D eigenvalue weighted by atomic mass is 9.33. The maximum atomic E-state index is 2.71. The second-order valence-electron chi connectivity index (χ2n) is 30.5. The minimum absolute atomic E-state index is 0.0284. The fourth-order valence-corrected chi connectivity index (χ4v) is 18.4. The topological polar surface area (TPSA) is 20.8 Å². The number of rotatable bonds is 5. The number of anilines is 6. The third kappa shape index (κ3) is 7.32. The van der Waals surface area contributed by atoms with E-state index in [1.807, 2.05) is 0 Å². The van der Waals surface area contributed by atoms with Crippen molar-refractivity contribution >= 4 is 139 Å². The summed E-state index contributed by atoms with van der Waals surface area (Å²) in [5.41, 5.74) is 30.2. The third-order valence-corrected chi connectivity index (χ3v) is 23.4. The first-order valence-corrected chi connectivity index (χ1v) is 34.1. The summed E-state index contributed by atoms with van der Waals surface area (Å²) in [6.07, 6.45) is 4.55. The Morgan fingerprint density at radius 3 is 1.18 bits per heavy atom. The monoisotopic (exact) mass is 1210 g/mol. The molecule has 0 unspecified atom stereocenters. The Morgan fingerprint density at radius 2 is 0.681 bits per heavy atom. The van der Waals surface area contributed by atoms with Crippen molar-refractivity contribution in [3.63, 3.8) is 0 Å². The van der Waals surface area contributed by atoms with Crippen LogP contribution < -0.4 is 26.2 Å². The van der Waals surface area contributed by atoms with Crippen LogP contribution in [0.4, 0.5) is 34.1 Å². The quantitative estimate of drug-likeness (QED) is 0.160. The number of para-hydroxylation sites is 6. The summed E-state index contributed by atoms with van der Waals surface area (Å²) in [7, 11) is 0. The molecule has 0 spiro atoms. The molecule has 0 atom stereocenters. The van der Waals surface area contributed by atoms with Gasteiger partial charge in [-0.05, 0) is 200 Å². The summed E-state index contributed by atoms with van der Waals surface area (Å²) in [6.45, 7) is 19.6. The van der Waals surface area contributed by atoms with Gasteiger partial charge in [-0.15, -0.1) is 0 Å². The molecule has 2 aliphatic heterocycles. The summed E-state index contributed by atoms with van der Waals surface area (Å²) in [4.78, 5) is 5.43. The number of hydrogen-bond donors (Lipinski definition) is 0. The molecule has 4 aliphatic rings. The van der Waals surface area contributed by atoms with E-state index in [1.54, 1.807) is 0 Å². The van der Waals surface area contributed by atoms with Crippen LogP contribution in [0.25, 0.3) is 104 Å². The van der Waals surface area contributed by atoms with Gasteiger partial charge in [0.25, 0.3) is 6.71 Å². The van der Waals surface area contributed by atoms with Gasteiger partial charge in [0.15, 0.2) is 0 Å². The zero-order valence-corrected chi connectivity index (χ0v) is 54.7. The molecule has 0 saturated carbocycles. The second kappa shape index (κ2) is 18.7. The Hall–Kier alpha value is -10.3. The number of aromatic nitrogens is 3. The Balaban J connectivity index is 0.957. The first-order chi connectivity index (χ1) is 45.6. The van der Waals surface area contributed by atoms with Crippen molar-refractivity contribution < 1.29 is 0 Å². The van der Waals surface area contributed by atoms with E-state index in [4.69, 9.17) is 0 Å². The molecule has 0 amide bonds. The number of benzene rings is 12. The minimum atomic E-state index is -0.166. The van der Waals surface area contributed by atoms with E-state index in [0.717, 1.165) is 37.1 Å². The summed E-state index contributed by atoms with van der Waals surface area (Å²) >= 11 is 0. The van der Waals surface area contributed by atoms with Crippen molar-refractivity contribution in [2.75, 3.05) is 9.80 Å². The highest BCUT2D eigenvalue weighted by molar-refractivity contribution is 7.00. The van der Waals surface area contributed by atoms with E-state index in [9.17, 15) is 0 Å². The van der Waals surface area contributed by atoms with E-state index < -0.39 is 0 Å². The van der Waals surface area contributed by atoms with Gasteiger partial charge in [-0.1, -0.05) is 195 Å². The molecule has 16 aromatic rings. The van der Waals surface area contributed by atoms with Crippen molar-refractivity contribution in [3.05, 3.63) is 265 Å². The third-order valence-electron chi connectivity index (χ3n) is 23.4. The molecule has 6 heteroatoms. The van der Waals surface area contributed by atoms with Crippen molar-refractivity contribution in [2.45, 2.75) is 103 Å². The van der Waals surface area contributed by atoms with Crippen LogP contribution in [0, 0.1) is 0 Å². The summed E-state index contributed by atoms with van der Waals surface area (Å²) in [5.74, 6) is 0. The second-order valence-corrected chi connectivity index (χ2v) is 30.5. The molecule has 94 heavy (non-hydrogen) atoms. The van der Waals surface area contributed by atoms with Crippen molar-refractivity contribution in [1.29, 1.82) is 0 Å². The number of nitrogens with zero attached hydrogens (tertiary/aromatic N) is 5. The fraction of sp³-hybridized carbons (Fsp3) is 0.182. The zero-order chi connectivity index (χ0) is 63.1. The predicted molar refractivity (Wildman–Crippen MR) is 400 cm³/mol. The smallest absolute Gasteiger partial charge is 0.252 e. The van der Waals surface area contributed by atoms with Crippen molar-refractivity contribution in [3.8, 4) is 22.5 Å². The van der Waals surface area contributed by atoms with E-state index in [2.05, 4.69) is 321 Å². The van der Waals surface area contributed by atoms with Crippen LogP contribution >= 0.6 is 0 Å². The molecule has 452 valence electrons. The lowest BCUT2D eigenvalue weighted by molar-refractivity contribution is 0.332. The van der Waals surface area contributed by atoms with Gasteiger partial charge >= 0.3 is 0 Å². The van der Waals surface area contributed by atoms with Crippen molar-refractivity contribution in [1.82, 2.24) is 13.5 Å². The van der Waals surface area contributed by atoms with Gasteiger partial charge in [0, 0.05) is 88.6 Å². The molecule has 5 nitrogen and oxygen atoms in total. The van der Waals surface area contributed by atoms with Crippen LogP contribution in [-0.4, -0.2) is 20.2 Å². The van der Waals surface area contributed by atoms with Gasteiger partial charge in [0.1, 0.15) is 0 Å². The van der Waals surface area contributed by atoms with E-state index >= 15 is 0 Å². The van der Waals surface area contributed by atoms with Crippen LogP contribution in [0.5, 0.6) is 0 Å². The number of fused-ring (bicyclic) bond motifs is 18. The molecule has 4 aromatic heterocycles. The molecular weight excluding hydrogens is 1140 g/mol. The Bertz CT molecular complexity index is 5680. The first kappa shape index (κ1) is 54.3. The highest BCUT2D eigenvalue weighted by atomic mass is 15.2. The standard InChI is InChI=1S/C88H72BN5/c1-85(2)40-42-87(5,6)69-47-57(35-37-67(69)85)92-79-51-77-65(60-27-16-18-31-73(60)90(77)55-22-11-9-12-23-55)49-71(79)89-72-50-66-61-28-17-19-32-74(61)91(56-24-13-10-14-25-56)78(66)52-80(72)93(58-36-38-68-70(48-58)88(7,8)43-41-86(68,3)4)82-46-54(45-81(92)83(82)89)53-34-39-76-64(44-53)63-30-21-29-62-59-26-15-20-33-75(59)94(76)84(62)63/h9-39,44-52H,40-43H2,1-8H3. The first-order valence-electron chi connectivity index (χ1n) is 34.1. The Labute approximate surface area is 549 Å². The normalized spacial score (nSPS) is 16.6. The van der Waals surface area contributed by atoms with Crippen LogP contribution in [0.2, 0.25) is 0 Å². The summed E-state index contributed by atoms with van der Waals surface area (Å²) < 4.78 is 7.54. The maximum absolute atomic E-state index is 2.71. The highest BCUT2D eigenvalue weighted by Crippen LogP contribution is 2.54. The van der Waals surface area contributed by atoms with E-state index in [1.165, 1.54) is 166 Å². The highest BCUT2D eigenvalue weighted by Gasteiger charge is 2.47. The maximum Gasteiger partial charge on any atom is 0.252 e. The SMILES string of the molecule is CC1(C)CCC(C)(C)c2cc(N3c4cc5c(cc4B4c6cc7c8ccccc8n(-c8ccccc8)c7cc6N(c6ccc7c(c6)C(C)(C)CCC7(C)C)c6cc(-c7ccc8c(c7)c7cccc9c%10ccccc%10n8c97)cc3c64)c3ccccc3n5-c3ccccc3)ccc21. The van der Waals surface area contributed by atoms with E-state index in [-0.39, 0.29) is 28.4 Å². The van der Waals surface area contributed by atoms with Crippen molar-refractivity contribution in [2.24, 2.45) is 0 Å². The fourth-order valence-electron chi connectivity index (χ4n) is 18.4. The van der Waals surface area contributed by atoms with Gasteiger partial charge in [0.05, 0.1) is 38.6 Å². The molecule has 2 aliphatic carbocycles. The zero-order valence-electron chi connectivity index (χ0n) is 54.7. The molecular formula is C88H72BN5. The van der Waals surface area contributed by atoms with E-state index in [0.29, 0.717) is 0 Å². The average molecular weight is 1210 g/mol. The predicted octanol–water partition coefficient (Wildman–Crippen LogP) is 21.5. The molecule has 0 bridgehead atoms. The minimum Gasteiger partial charge on any atom is -0.311 e. The van der Waals surface area contributed by atoms with Gasteiger partial charge in [-0.2, -0.15) is 0 Å². The summed E-state index contributed by atoms with van der Waals surface area (Å²) in [5, 5.41) is 10.2. The van der Waals surface area contributed by atoms with Gasteiger partial charge in [-0.3, -0.25) is 0 Å². The molecule has 0 saturated heterocycles. The van der Waals surface area contributed by atoms with Crippen LogP contribution in [0.3, 0.4) is 0 Å². The van der Waals surface area contributed by atoms with Gasteiger partial charge < -0.3 is 23.3 Å². The van der Waals surface area contributed by atoms with Crippen LogP contribution in [0.1, 0.15) is 103 Å². The Kier molecular flexibility index (Phi) is 10.8. The largest absolute Gasteiger partial charge is 0.311 e. The lowest BCUT2D eigenvalue weighted by Gasteiger charge is -2.46. The lowest BCUT2D eigenvalue weighted by Crippen LogP contribution is -2.61. The van der Waals surface area contributed by atoms with Gasteiger partial charge in [0.2, 0.25) is 0 Å². The molecule has 12 aromatic carbocycles.